The van der Waals surface area contributed by atoms with Crippen molar-refractivity contribution in [3.8, 4) is 11.5 Å². The van der Waals surface area contributed by atoms with Crippen LogP contribution in [-0.4, -0.2) is 29.5 Å². The van der Waals surface area contributed by atoms with E-state index in [1.165, 1.54) is 0 Å². The summed E-state index contributed by atoms with van der Waals surface area (Å²) in [6, 6.07) is 10.8. The molecule has 0 aliphatic rings. The second-order valence-corrected chi connectivity index (χ2v) is 5.17. The van der Waals surface area contributed by atoms with Crippen molar-refractivity contribution in [1.82, 2.24) is 0 Å². The highest BCUT2D eigenvalue weighted by Crippen LogP contribution is 2.28. The maximum atomic E-state index is 10.2. The van der Waals surface area contributed by atoms with Crippen LogP contribution in [0.3, 0.4) is 0 Å². The minimum absolute atomic E-state index is 0.126. The molecule has 0 radical (unpaired) electrons. The third kappa shape index (κ3) is 3.58. The van der Waals surface area contributed by atoms with Crippen molar-refractivity contribution in [2.24, 2.45) is 4.99 Å². The van der Waals surface area contributed by atoms with Crippen molar-refractivity contribution in [2.75, 3.05) is 18.0 Å². The Labute approximate surface area is 131 Å². The van der Waals surface area contributed by atoms with Gasteiger partial charge in [0.1, 0.15) is 17.2 Å². The van der Waals surface area contributed by atoms with Crippen molar-refractivity contribution in [1.29, 1.82) is 0 Å². The van der Waals surface area contributed by atoms with E-state index in [9.17, 15) is 10.2 Å². The molecule has 116 valence electrons. The molecule has 0 saturated heterocycles. The van der Waals surface area contributed by atoms with Crippen LogP contribution in [0.5, 0.6) is 11.5 Å². The molecule has 0 spiro atoms. The van der Waals surface area contributed by atoms with E-state index in [0.717, 1.165) is 24.3 Å². The number of hydrogen-bond acceptors (Lipinski definition) is 4. The van der Waals surface area contributed by atoms with Crippen molar-refractivity contribution in [2.45, 2.75) is 20.8 Å². The normalized spacial score (nSPS) is 11.0. The summed E-state index contributed by atoms with van der Waals surface area (Å²) >= 11 is 0. The van der Waals surface area contributed by atoms with Crippen LogP contribution < -0.4 is 4.90 Å². The second-order valence-electron chi connectivity index (χ2n) is 5.17. The molecule has 0 atom stereocenters. The monoisotopic (exact) mass is 298 g/mol. The Morgan fingerprint density at radius 3 is 2.36 bits per heavy atom. The van der Waals surface area contributed by atoms with Crippen LogP contribution >= 0.6 is 0 Å². The minimum Gasteiger partial charge on any atom is -0.507 e. The van der Waals surface area contributed by atoms with Crippen molar-refractivity contribution in [3.63, 3.8) is 0 Å². The average Bonchev–Trinajstić information content (AvgIpc) is 2.51. The zero-order valence-corrected chi connectivity index (χ0v) is 13.2. The van der Waals surface area contributed by atoms with E-state index >= 15 is 0 Å². The fourth-order valence-corrected chi connectivity index (χ4v) is 2.30. The molecule has 0 heterocycles. The summed E-state index contributed by atoms with van der Waals surface area (Å²) in [7, 11) is 0. The van der Waals surface area contributed by atoms with Gasteiger partial charge < -0.3 is 15.1 Å². The van der Waals surface area contributed by atoms with E-state index in [1.807, 2.05) is 25.1 Å². The number of phenolic OH excluding ortho intramolecular Hbond substituents is 2. The number of benzene rings is 2. The third-order valence-corrected chi connectivity index (χ3v) is 3.62. The summed E-state index contributed by atoms with van der Waals surface area (Å²) in [5.74, 6) is 0.307. The van der Waals surface area contributed by atoms with Crippen LogP contribution in [0.25, 0.3) is 0 Å². The molecule has 0 fully saturated rings. The highest BCUT2D eigenvalue weighted by Gasteiger charge is 2.06. The van der Waals surface area contributed by atoms with Gasteiger partial charge >= 0.3 is 0 Å². The third-order valence-electron chi connectivity index (χ3n) is 3.62. The van der Waals surface area contributed by atoms with Gasteiger partial charge in [0.05, 0.1) is 0 Å². The maximum absolute atomic E-state index is 10.2. The fraction of sp³-hybridized carbons (Fsp3) is 0.278. The van der Waals surface area contributed by atoms with Crippen molar-refractivity contribution < 1.29 is 10.2 Å². The minimum atomic E-state index is 0.126. The topological polar surface area (TPSA) is 56.1 Å². The van der Waals surface area contributed by atoms with Crippen LogP contribution in [-0.2, 0) is 0 Å². The standard InChI is InChI=1S/C18H22N2O2/c1-4-20(5-2)15-8-7-14(18(22)11-15)12-19-16-10-13(3)6-9-17(16)21/h6-12,21-22H,4-5H2,1-3H3. The zero-order chi connectivity index (χ0) is 16.1. The Balaban J connectivity index is 2.26. The molecule has 0 unspecified atom stereocenters. The average molecular weight is 298 g/mol. The summed E-state index contributed by atoms with van der Waals surface area (Å²) in [4.78, 5) is 6.42. The molecule has 4 heteroatoms. The Bertz CT molecular complexity index is 677. The summed E-state index contributed by atoms with van der Waals surface area (Å²) in [6.45, 7) is 7.88. The van der Waals surface area contributed by atoms with Gasteiger partial charge in [-0.25, -0.2) is 0 Å². The van der Waals surface area contributed by atoms with Gasteiger partial charge in [0.25, 0.3) is 0 Å². The number of aliphatic imine (C=N–C) groups is 1. The lowest BCUT2D eigenvalue weighted by atomic mass is 10.1. The van der Waals surface area contributed by atoms with Gasteiger partial charge in [-0.15, -0.1) is 0 Å². The van der Waals surface area contributed by atoms with Crippen LogP contribution in [0.2, 0.25) is 0 Å². The second kappa shape index (κ2) is 6.98. The van der Waals surface area contributed by atoms with Gasteiger partial charge in [-0.3, -0.25) is 4.99 Å². The molecule has 0 aliphatic heterocycles. The lowest BCUT2D eigenvalue weighted by molar-refractivity contribution is 0.474. The number of rotatable bonds is 5. The largest absolute Gasteiger partial charge is 0.507 e. The first kappa shape index (κ1) is 15.9. The van der Waals surface area contributed by atoms with E-state index < -0.39 is 0 Å². The molecule has 0 aliphatic carbocycles. The number of nitrogens with zero attached hydrogens (tertiary/aromatic N) is 2. The molecular weight excluding hydrogens is 276 g/mol. The summed E-state index contributed by atoms with van der Waals surface area (Å²) in [5.41, 5.74) is 3.12. The van der Waals surface area contributed by atoms with E-state index in [1.54, 1.807) is 24.4 Å². The number of aryl methyl sites for hydroxylation is 1. The van der Waals surface area contributed by atoms with Crippen molar-refractivity contribution in [3.05, 3.63) is 47.5 Å². The van der Waals surface area contributed by atoms with Crippen LogP contribution in [0.4, 0.5) is 11.4 Å². The van der Waals surface area contributed by atoms with Crippen molar-refractivity contribution >= 4 is 17.6 Å². The van der Waals surface area contributed by atoms with Gasteiger partial charge in [0.2, 0.25) is 0 Å². The van der Waals surface area contributed by atoms with Crippen LogP contribution in [0.15, 0.2) is 41.4 Å². The zero-order valence-electron chi connectivity index (χ0n) is 13.2. The van der Waals surface area contributed by atoms with E-state index in [2.05, 4.69) is 23.7 Å². The smallest absolute Gasteiger partial charge is 0.141 e. The molecule has 0 amide bonds. The highest BCUT2D eigenvalue weighted by atomic mass is 16.3. The molecule has 22 heavy (non-hydrogen) atoms. The summed E-state index contributed by atoms with van der Waals surface area (Å²) < 4.78 is 0. The lowest BCUT2D eigenvalue weighted by Crippen LogP contribution is -2.21. The molecule has 0 bridgehead atoms. The van der Waals surface area contributed by atoms with Gasteiger partial charge in [0.15, 0.2) is 0 Å². The van der Waals surface area contributed by atoms with Gasteiger partial charge in [-0.1, -0.05) is 6.07 Å². The Hall–Kier alpha value is -2.49. The molecule has 0 aromatic heterocycles. The maximum Gasteiger partial charge on any atom is 0.141 e. The number of aromatic hydroxyl groups is 2. The number of hydrogen-bond donors (Lipinski definition) is 2. The molecule has 2 aromatic rings. The molecule has 2 N–H and O–H groups in total. The Morgan fingerprint density at radius 2 is 1.73 bits per heavy atom. The number of phenols is 2. The lowest BCUT2D eigenvalue weighted by Gasteiger charge is -2.21. The van der Waals surface area contributed by atoms with Crippen LogP contribution in [0.1, 0.15) is 25.0 Å². The first-order chi connectivity index (χ1) is 10.5. The van der Waals surface area contributed by atoms with E-state index in [4.69, 9.17) is 0 Å². The predicted octanol–water partition coefficient (Wildman–Crippen LogP) is 4.00. The SMILES string of the molecule is CCN(CC)c1ccc(C=Nc2cc(C)ccc2O)c(O)c1. The first-order valence-electron chi connectivity index (χ1n) is 7.46. The Kier molecular flexibility index (Phi) is 5.04. The van der Waals surface area contributed by atoms with Crippen LogP contribution in [0, 0.1) is 6.92 Å². The molecule has 2 aromatic carbocycles. The van der Waals surface area contributed by atoms with E-state index in [-0.39, 0.29) is 11.5 Å². The van der Waals surface area contributed by atoms with Gasteiger partial charge in [-0.05, 0) is 50.6 Å². The quantitative estimate of drug-likeness (QED) is 0.820. The molecular formula is C18H22N2O2. The van der Waals surface area contributed by atoms with Gasteiger partial charge in [0, 0.05) is 36.6 Å². The molecule has 0 saturated carbocycles. The molecule has 2 rings (SSSR count). The number of anilines is 1. The Morgan fingerprint density at radius 1 is 1.00 bits per heavy atom. The molecule has 4 nitrogen and oxygen atoms in total. The van der Waals surface area contributed by atoms with Gasteiger partial charge in [-0.2, -0.15) is 0 Å². The highest BCUT2D eigenvalue weighted by molar-refractivity contribution is 5.86. The summed E-state index contributed by atoms with van der Waals surface area (Å²) in [6.07, 6.45) is 1.57. The predicted molar refractivity (Wildman–Crippen MR) is 91.8 cm³/mol. The van der Waals surface area contributed by atoms with E-state index in [0.29, 0.717) is 11.3 Å². The summed E-state index contributed by atoms with van der Waals surface area (Å²) in [5, 5.41) is 19.9. The first-order valence-corrected chi connectivity index (χ1v) is 7.46. The fourth-order valence-electron chi connectivity index (χ4n) is 2.30.